The molecule has 7 heteroatoms. The fraction of sp³-hybridized carbons (Fsp3) is 0.579. The Hall–Kier alpha value is -1.70. The van der Waals surface area contributed by atoms with E-state index in [0.717, 1.165) is 42.6 Å². The minimum Gasteiger partial charge on any atom is -0.381 e. The normalized spacial score (nSPS) is 23.2. The van der Waals surface area contributed by atoms with Crippen LogP contribution in [0, 0.1) is 12.8 Å². The van der Waals surface area contributed by atoms with Gasteiger partial charge in [0.25, 0.3) is 5.91 Å². The summed E-state index contributed by atoms with van der Waals surface area (Å²) in [6, 6.07) is 2.61. The van der Waals surface area contributed by atoms with Gasteiger partial charge in [0.05, 0.1) is 16.9 Å². The topological polar surface area (TPSA) is 68.2 Å². The summed E-state index contributed by atoms with van der Waals surface area (Å²) < 4.78 is 7.13. The second-order valence-electron chi connectivity index (χ2n) is 7.41. The Labute approximate surface area is 157 Å². The zero-order valence-corrected chi connectivity index (χ0v) is 16.1. The lowest BCUT2D eigenvalue weighted by atomic mass is 10.0. The molecule has 140 valence electrons. The summed E-state index contributed by atoms with van der Waals surface area (Å²) in [6.45, 7) is 4.79. The Morgan fingerprint density at radius 3 is 2.96 bits per heavy atom. The highest BCUT2D eigenvalue weighted by Gasteiger charge is 2.39. The van der Waals surface area contributed by atoms with Crippen molar-refractivity contribution in [3.05, 3.63) is 33.8 Å². The average molecular weight is 375 g/mol. The van der Waals surface area contributed by atoms with Crippen molar-refractivity contribution < 1.29 is 9.53 Å². The third-order valence-corrected chi connectivity index (χ3v) is 6.37. The van der Waals surface area contributed by atoms with Crippen molar-refractivity contribution in [1.82, 2.24) is 15.1 Å². The van der Waals surface area contributed by atoms with Gasteiger partial charge in [0.2, 0.25) is 0 Å². The van der Waals surface area contributed by atoms with Crippen LogP contribution in [0.5, 0.6) is 0 Å². The van der Waals surface area contributed by atoms with Gasteiger partial charge in [-0.15, -0.1) is 11.3 Å². The van der Waals surface area contributed by atoms with E-state index in [9.17, 15) is 4.79 Å². The summed E-state index contributed by atoms with van der Waals surface area (Å²) in [5.74, 6) is 1.25. The van der Waals surface area contributed by atoms with Crippen molar-refractivity contribution in [2.24, 2.45) is 13.0 Å². The number of aromatic nitrogens is 2. The molecule has 1 saturated heterocycles. The zero-order valence-electron chi connectivity index (χ0n) is 15.3. The minimum atomic E-state index is -0.0593. The van der Waals surface area contributed by atoms with Crippen LogP contribution in [-0.4, -0.2) is 41.5 Å². The molecule has 2 N–H and O–H groups in total. The van der Waals surface area contributed by atoms with E-state index in [1.54, 1.807) is 16.0 Å². The molecular formula is C19H26N4O2S. The molecule has 2 aromatic heterocycles. The SMILES string of the molecule is Cc1nn(C)cc1NC(=O)c1csc(C2C[C@H]2NCC2CCOCC2)c1. The summed E-state index contributed by atoms with van der Waals surface area (Å²) in [5, 5.41) is 12.9. The Kier molecular flexibility index (Phi) is 5.11. The zero-order chi connectivity index (χ0) is 18.1. The third-order valence-electron chi connectivity index (χ3n) is 5.31. The van der Waals surface area contributed by atoms with Crippen molar-refractivity contribution >= 4 is 22.9 Å². The van der Waals surface area contributed by atoms with Crippen LogP contribution in [0.15, 0.2) is 17.6 Å². The van der Waals surface area contributed by atoms with E-state index in [1.807, 2.05) is 31.6 Å². The summed E-state index contributed by atoms with van der Waals surface area (Å²) >= 11 is 1.69. The quantitative estimate of drug-likeness (QED) is 0.816. The lowest BCUT2D eigenvalue weighted by Gasteiger charge is -2.22. The smallest absolute Gasteiger partial charge is 0.256 e. The van der Waals surface area contributed by atoms with Crippen LogP contribution in [-0.2, 0) is 11.8 Å². The monoisotopic (exact) mass is 374 g/mol. The number of aryl methyl sites for hydroxylation is 2. The highest BCUT2D eigenvalue weighted by atomic mass is 32.1. The lowest BCUT2D eigenvalue weighted by molar-refractivity contribution is 0.0662. The van der Waals surface area contributed by atoms with E-state index in [2.05, 4.69) is 15.7 Å². The summed E-state index contributed by atoms with van der Waals surface area (Å²) in [6.07, 6.45) is 5.34. The van der Waals surface area contributed by atoms with Gasteiger partial charge >= 0.3 is 0 Å². The van der Waals surface area contributed by atoms with Crippen LogP contribution in [0.2, 0.25) is 0 Å². The Morgan fingerprint density at radius 1 is 1.42 bits per heavy atom. The number of anilines is 1. The van der Waals surface area contributed by atoms with Crippen LogP contribution in [0.25, 0.3) is 0 Å². The molecule has 3 heterocycles. The number of carbonyl (C=O) groups excluding carboxylic acids is 1. The van der Waals surface area contributed by atoms with E-state index in [1.165, 1.54) is 24.1 Å². The Balaban J connectivity index is 1.29. The molecule has 2 aliphatic rings. The molecule has 26 heavy (non-hydrogen) atoms. The third kappa shape index (κ3) is 4.00. The number of ether oxygens (including phenoxy) is 1. The predicted octanol–water partition coefficient (Wildman–Crippen LogP) is 2.91. The molecule has 1 unspecified atom stereocenters. The van der Waals surface area contributed by atoms with Gasteiger partial charge in [0, 0.05) is 48.7 Å². The van der Waals surface area contributed by atoms with Crippen molar-refractivity contribution in [3.63, 3.8) is 0 Å². The molecule has 0 bridgehead atoms. The molecule has 0 radical (unpaired) electrons. The number of hydrogen-bond donors (Lipinski definition) is 2. The standard InChI is InChI=1S/C19H26N4O2S/c1-12-17(10-23(2)22-12)21-19(24)14-7-18(26-11-14)15-8-16(15)20-9-13-3-5-25-6-4-13/h7,10-11,13,15-16,20H,3-6,8-9H2,1-2H3,(H,21,24)/t15?,16-/m1/s1. The number of rotatable bonds is 6. The van der Waals surface area contributed by atoms with Crippen molar-refractivity contribution in [3.8, 4) is 0 Å². The number of amides is 1. The van der Waals surface area contributed by atoms with Crippen molar-refractivity contribution in [1.29, 1.82) is 0 Å². The van der Waals surface area contributed by atoms with Crippen LogP contribution in [0.3, 0.4) is 0 Å². The van der Waals surface area contributed by atoms with E-state index >= 15 is 0 Å². The Morgan fingerprint density at radius 2 is 2.23 bits per heavy atom. The van der Waals surface area contributed by atoms with Gasteiger partial charge in [-0.3, -0.25) is 9.48 Å². The largest absolute Gasteiger partial charge is 0.381 e. The molecular weight excluding hydrogens is 348 g/mol. The number of thiophene rings is 1. The van der Waals surface area contributed by atoms with Crippen LogP contribution < -0.4 is 10.6 Å². The maximum absolute atomic E-state index is 12.5. The fourth-order valence-electron chi connectivity index (χ4n) is 3.59. The van der Waals surface area contributed by atoms with Gasteiger partial charge in [-0.05, 0) is 44.7 Å². The molecule has 2 atom stereocenters. The second kappa shape index (κ2) is 7.50. The first-order chi connectivity index (χ1) is 12.6. The van der Waals surface area contributed by atoms with Crippen LogP contribution in [0.4, 0.5) is 5.69 Å². The van der Waals surface area contributed by atoms with Crippen molar-refractivity contribution in [2.45, 2.75) is 38.1 Å². The second-order valence-corrected chi connectivity index (χ2v) is 8.35. The molecule has 2 fully saturated rings. The van der Waals surface area contributed by atoms with Crippen LogP contribution >= 0.6 is 11.3 Å². The first-order valence-corrected chi connectivity index (χ1v) is 10.2. The van der Waals surface area contributed by atoms with Crippen molar-refractivity contribution in [2.75, 3.05) is 25.1 Å². The van der Waals surface area contributed by atoms with E-state index in [4.69, 9.17) is 4.74 Å². The molecule has 0 aromatic carbocycles. The molecule has 6 nitrogen and oxygen atoms in total. The number of hydrogen-bond acceptors (Lipinski definition) is 5. The molecule has 1 saturated carbocycles. The first-order valence-electron chi connectivity index (χ1n) is 9.31. The molecule has 1 aliphatic carbocycles. The highest BCUT2D eigenvalue weighted by Crippen LogP contribution is 2.43. The van der Waals surface area contributed by atoms with Gasteiger partial charge < -0.3 is 15.4 Å². The van der Waals surface area contributed by atoms with E-state index in [-0.39, 0.29) is 5.91 Å². The van der Waals surface area contributed by atoms with Gasteiger partial charge in [-0.2, -0.15) is 5.10 Å². The first kappa shape index (κ1) is 17.7. The summed E-state index contributed by atoms with van der Waals surface area (Å²) in [5.41, 5.74) is 2.34. The molecule has 2 aromatic rings. The van der Waals surface area contributed by atoms with Gasteiger partial charge in [0.15, 0.2) is 0 Å². The average Bonchev–Trinajstić information content (AvgIpc) is 3.10. The molecule has 0 spiro atoms. The maximum Gasteiger partial charge on any atom is 0.256 e. The molecule has 1 aliphatic heterocycles. The maximum atomic E-state index is 12.5. The van der Waals surface area contributed by atoms with Gasteiger partial charge in [-0.1, -0.05) is 0 Å². The van der Waals surface area contributed by atoms with E-state index < -0.39 is 0 Å². The fourth-order valence-corrected chi connectivity index (χ4v) is 4.66. The highest BCUT2D eigenvalue weighted by molar-refractivity contribution is 7.10. The van der Waals surface area contributed by atoms with Gasteiger partial charge in [0.1, 0.15) is 0 Å². The molecule has 4 rings (SSSR count). The lowest BCUT2D eigenvalue weighted by Crippen LogP contribution is -2.29. The summed E-state index contributed by atoms with van der Waals surface area (Å²) in [4.78, 5) is 13.8. The minimum absolute atomic E-state index is 0.0593. The number of nitrogens with zero attached hydrogens (tertiary/aromatic N) is 2. The van der Waals surface area contributed by atoms with Crippen LogP contribution in [0.1, 0.15) is 46.1 Å². The van der Waals surface area contributed by atoms with E-state index in [0.29, 0.717) is 12.0 Å². The Bertz CT molecular complexity index is 778. The summed E-state index contributed by atoms with van der Waals surface area (Å²) in [7, 11) is 1.85. The number of nitrogens with one attached hydrogen (secondary N) is 2. The molecule has 1 amide bonds. The predicted molar refractivity (Wildman–Crippen MR) is 103 cm³/mol. The number of carbonyl (C=O) groups is 1. The van der Waals surface area contributed by atoms with Gasteiger partial charge in [-0.25, -0.2) is 0 Å².